The van der Waals surface area contributed by atoms with Gasteiger partial charge in [0.1, 0.15) is 5.75 Å². The first-order chi connectivity index (χ1) is 10.2. The van der Waals surface area contributed by atoms with Crippen molar-refractivity contribution in [3.63, 3.8) is 0 Å². The molecule has 3 N–H and O–H groups in total. The van der Waals surface area contributed by atoms with Gasteiger partial charge in [-0.25, -0.2) is 0 Å². The lowest BCUT2D eigenvalue weighted by Crippen LogP contribution is -2.39. The topological polar surface area (TPSA) is 64.3 Å². The fourth-order valence-corrected chi connectivity index (χ4v) is 2.96. The van der Waals surface area contributed by atoms with Gasteiger partial charge in [0.05, 0.1) is 6.61 Å². The Hall–Kier alpha value is -1.26. The molecule has 1 aliphatic carbocycles. The molecule has 4 nitrogen and oxygen atoms in total. The van der Waals surface area contributed by atoms with Gasteiger partial charge in [0.2, 0.25) is 5.91 Å². The number of hydrogen-bond donors (Lipinski definition) is 2. The summed E-state index contributed by atoms with van der Waals surface area (Å²) in [7, 11) is 0. The Kier molecular flexibility index (Phi) is 8.28. The predicted molar refractivity (Wildman–Crippen MR) is 91.5 cm³/mol. The summed E-state index contributed by atoms with van der Waals surface area (Å²) in [6, 6.07) is 8.24. The number of nitrogens with one attached hydrogen (secondary N) is 1. The zero-order valence-corrected chi connectivity index (χ0v) is 14.0. The van der Waals surface area contributed by atoms with Gasteiger partial charge in [-0.05, 0) is 56.3 Å². The van der Waals surface area contributed by atoms with E-state index >= 15 is 0 Å². The van der Waals surface area contributed by atoms with Crippen molar-refractivity contribution in [1.29, 1.82) is 0 Å². The highest BCUT2D eigenvalue weighted by Gasteiger charge is 2.26. The molecule has 1 saturated carbocycles. The van der Waals surface area contributed by atoms with Gasteiger partial charge >= 0.3 is 0 Å². The van der Waals surface area contributed by atoms with Gasteiger partial charge in [-0.2, -0.15) is 0 Å². The molecule has 2 rings (SSSR count). The third-order valence-electron chi connectivity index (χ3n) is 4.18. The number of amides is 1. The van der Waals surface area contributed by atoms with Gasteiger partial charge in [0.15, 0.2) is 0 Å². The van der Waals surface area contributed by atoms with Crippen LogP contribution in [0.15, 0.2) is 24.3 Å². The Labute approximate surface area is 139 Å². The zero-order valence-electron chi connectivity index (χ0n) is 13.2. The maximum atomic E-state index is 12.0. The van der Waals surface area contributed by atoms with Crippen molar-refractivity contribution < 1.29 is 9.53 Å². The molecule has 0 aromatic heterocycles. The Morgan fingerprint density at radius 1 is 1.32 bits per heavy atom. The second kappa shape index (κ2) is 9.70. The van der Waals surface area contributed by atoms with Gasteiger partial charge in [0.25, 0.3) is 0 Å². The van der Waals surface area contributed by atoms with Crippen LogP contribution in [-0.4, -0.2) is 25.1 Å². The summed E-state index contributed by atoms with van der Waals surface area (Å²) < 4.78 is 5.41. The van der Waals surface area contributed by atoms with Gasteiger partial charge < -0.3 is 15.8 Å². The molecule has 0 aliphatic heterocycles. The monoisotopic (exact) mass is 326 g/mol. The molecular formula is C17H27ClN2O2. The second-order valence-electron chi connectivity index (χ2n) is 5.68. The third-order valence-corrected chi connectivity index (χ3v) is 4.18. The lowest BCUT2D eigenvalue weighted by molar-refractivity contribution is -0.122. The van der Waals surface area contributed by atoms with Crippen molar-refractivity contribution >= 4 is 18.3 Å². The summed E-state index contributed by atoms with van der Waals surface area (Å²) in [6.07, 6.45) is 4.67. The number of rotatable bonds is 7. The summed E-state index contributed by atoms with van der Waals surface area (Å²) in [6.45, 7) is 3.31. The van der Waals surface area contributed by atoms with Gasteiger partial charge in [-0.15, -0.1) is 12.4 Å². The van der Waals surface area contributed by atoms with E-state index in [1.165, 1.54) is 6.42 Å². The number of halogens is 1. The fraction of sp³-hybridized carbons (Fsp3) is 0.588. The number of nitrogens with two attached hydrogens (primary N) is 1. The van der Waals surface area contributed by atoms with Crippen LogP contribution in [-0.2, 0) is 11.2 Å². The van der Waals surface area contributed by atoms with Crippen LogP contribution in [0.25, 0.3) is 0 Å². The maximum absolute atomic E-state index is 12.0. The van der Waals surface area contributed by atoms with Crippen LogP contribution >= 0.6 is 12.4 Å². The summed E-state index contributed by atoms with van der Waals surface area (Å²) in [5, 5.41) is 3.14. The first-order valence-electron chi connectivity index (χ1n) is 7.94. The minimum Gasteiger partial charge on any atom is -0.494 e. The van der Waals surface area contributed by atoms with Gasteiger partial charge in [-0.3, -0.25) is 4.79 Å². The quantitative estimate of drug-likeness (QED) is 0.809. The van der Waals surface area contributed by atoms with Crippen LogP contribution in [0.5, 0.6) is 5.75 Å². The van der Waals surface area contributed by atoms with Crippen LogP contribution in [0.1, 0.15) is 38.2 Å². The van der Waals surface area contributed by atoms with Crippen LogP contribution in [0, 0.1) is 5.92 Å². The van der Waals surface area contributed by atoms with Gasteiger partial charge in [-0.1, -0.05) is 18.6 Å². The first kappa shape index (κ1) is 18.8. The minimum atomic E-state index is 0. The van der Waals surface area contributed by atoms with Crippen LogP contribution in [0.3, 0.4) is 0 Å². The van der Waals surface area contributed by atoms with Gasteiger partial charge in [0, 0.05) is 12.5 Å². The lowest BCUT2D eigenvalue weighted by Gasteiger charge is -2.19. The molecule has 1 aromatic rings. The molecule has 1 fully saturated rings. The summed E-state index contributed by atoms with van der Waals surface area (Å²) in [5.41, 5.74) is 6.90. The molecule has 0 radical (unpaired) electrons. The van der Waals surface area contributed by atoms with Crippen molar-refractivity contribution in [2.75, 3.05) is 13.2 Å². The summed E-state index contributed by atoms with van der Waals surface area (Å²) >= 11 is 0. The molecule has 0 bridgehead atoms. The van der Waals surface area contributed by atoms with E-state index in [1.54, 1.807) is 0 Å². The highest BCUT2D eigenvalue weighted by molar-refractivity contribution is 5.85. The number of hydrogen-bond acceptors (Lipinski definition) is 3. The molecule has 1 amide bonds. The minimum absolute atomic E-state index is 0. The van der Waals surface area contributed by atoms with Crippen LogP contribution < -0.4 is 15.8 Å². The van der Waals surface area contributed by atoms with E-state index < -0.39 is 0 Å². The molecule has 2 atom stereocenters. The smallest absolute Gasteiger partial charge is 0.220 e. The van der Waals surface area contributed by atoms with E-state index in [0.717, 1.165) is 30.6 Å². The number of carbonyl (C=O) groups is 1. The molecular weight excluding hydrogens is 300 g/mol. The number of ether oxygens (including phenoxy) is 1. The zero-order chi connectivity index (χ0) is 15.1. The SMILES string of the molecule is CCOc1ccc(CCC(=O)NC2CCCC2CN)cc1.Cl. The molecule has 2 unspecified atom stereocenters. The fourth-order valence-electron chi connectivity index (χ4n) is 2.96. The number of carbonyl (C=O) groups excluding carboxylic acids is 1. The Morgan fingerprint density at radius 3 is 2.68 bits per heavy atom. The van der Waals surface area contributed by atoms with Crippen molar-refractivity contribution in [1.82, 2.24) is 5.32 Å². The van der Waals surface area contributed by atoms with E-state index in [2.05, 4.69) is 5.32 Å². The standard InChI is InChI=1S/C17H26N2O2.ClH/c1-2-21-15-9-6-13(7-10-15)8-11-17(20)19-16-5-3-4-14(16)12-18;/h6-7,9-10,14,16H,2-5,8,11-12,18H2,1H3,(H,19,20);1H. The van der Waals surface area contributed by atoms with Crippen molar-refractivity contribution in [2.24, 2.45) is 11.7 Å². The molecule has 1 aliphatic rings. The first-order valence-corrected chi connectivity index (χ1v) is 7.94. The Bertz CT molecular complexity index is 450. The van der Waals surface area contributed by atoms with Crippen molar-refractivity contribution in [3.05, 3.63) is 29.8 Å². The predicted octanol–water partition coefficient (Wildman–Crippen LogP) is 2.68. The molecule has 22 heavy (non-hydrogen) atoms. The molecule has 124 valence electrons. The highest BCUT2D eigenvalue weighted by Crippen LogP contribution is 2.24. The second-order valence-corrected chi connectivity index (χ2v) is 5.68. The number of aryl methyl sites for hydroxylation is 1. The maximum Gasteiger partial charge on any atom is 0.220 e. The number of benzene rings is 1. The normalized spacial score (nSPS) is 20.3. The third kappa shape index (κ3) is 5.50. The average molecular weight is 327 g/mol. The molecule has 1 aromatic carbocycles. The largest absolute Gasteiger partial charge is 0.494 e. The summed E-state index contributed by atoms with van der Waals surface area (Å²) in [4.78, 5) is 12.0. The molecule has 5 heteroatoms. The van der Waals surface area contributed by atoms with Crippen LogP contribution in [0.2, 0.25) is 0 Å². The molecule has 0 spiro atoms. The van der Waals surface area contributed by atoms with E-state index in [9.17, 15) is 4.79 Å². The van der Waals surface area contributed by atoms with E-state index in [1.807, 2.05) is 31.2 Å². The lowest BCUT2D eigenvalue weighted by atomic mass is 10.0. The molecule has 0 heterocycles. The Balaban J connectivity index is 0.00000242. The summed E-state index contributed by atoms with van der Waals surface area (Å²) in [5.74, 6) is 1.47. The molecule has 0 saturated heterocycles. The van der Waals surface area contributed by atoms with E-state index in [-0.39, 0.29) is 24.4 Å². The highest BCUT2D eigenvalue weighted by atomic mass is 35.5. The van der Waals surface area contributed by atoms with E-state index in [4.69, 9.17) is 10.5 Å². The van der Waals surface area contributed by atoms with E-state index in [0.29, 0.717) is 25.5 Å². The van der Waals surface area contributed by atoms with Crippen molar-refractivity contribution in [3.8, 4) is 5.75 Å². The average Bonchev–Trinajstić information content (AvgIpc) is 2.94. The van der Waals surface area contributed by atoms with Crippen LogP contribution in [0.4, 0.5) is 0 Å². The Morgan fingerprint density at radius 2 is 2.05 bits per heavy atom. The van der Waals surface area contributed by atoms with Crippen molar-refractivity contribution in [2.45, 2.75) is 45.1 Å².